The fourth-order valence-corrected chi connectivity index (χ4v) is 8.25. The number of carbonyl (C=O) groups is 4. The molecule has 2 spiro atoms. The lowest BCUT2D eigenvalue weighted by Crippen LogP contribution is -2.42. The molecule has 0 radical (unpaired) electrons. The number of nitrogens with one attached hydrogen (secondary N) is 1. The third-order valence-electron chi connectivity index (χ3n) is 11.2. The summed E-state index contributed by atoms with van der Waals surface area (Å²) in [6.07, 6.45) is 8.83. The van der Waals surface area contributed by atoms with Crippen LogP contribution in [0.25, 0.3) is 0 Å². The van der Waals surface area contributed by atoms with E-state index in [9.17, 15) is 19.2 Å². The van der Waals surface area contributed by atoms with Gasteiger partial charge in [0.05, 0.1) is 45.1 Å². The standard InChI is InChI=1S/C20H25NO5.C12H20O4.C10H11NO2/c22-18(13-16-6-8-20(9-7-16)25-10-11-26-20)21-17(14-24-19(21)23)12-15-4-2-1-3-5-15;1-2-14-11(13)9-10-3-5-12(6-4-10)15-7-8-16-12;12-10-11-9(7-13-10)6-8-4-2-1-3-5-8/h1-5,16-17H,6-14H2;10H,2-9H2,1H3;1-5,9H,6-7H2,(H,11,12)/t17-;;9-/m0.0/s1. The van der Waals surface area contributed by atoms with Gasteiger partial charge in [0, 0.05) is 38.5 Å². The predicted octanol–water partition coefficient (Wildman–Crippen LogP) is 6.11. The van der Waals surface area contributed by atoms with E-state index >= 15 is 0 Å². The molecule has 0 aromatic heterocycles. The van der Waals surface area contributed by atoms with E-state index in [4.69, 9.17) is 33.2 Å². The zero-order chi connectivity index (χ0) is 38.5. The summed E-state index contributed by atoms with van der Waals surface area (Å²) in [5.74, 6) is -0.212. The first-order valence-electron chi connectivity index (χ1n) is 19.9. The van der Waals surface area contributed by atoms with Crippen LogP contribution in [0, 0.1) is 11.8 Å². The van der Waals surface area contributed by atoms with E-state index < -0.39 is 11.9 Å². The maximum absolute atomic E-state index is 12.8. The SMILES string of the molecule is CCOC(=O)CC1CCC2(CC1)OCCO2.O=C(CC1CCC2(CC1)OCCO2)N1C(=O)OC[C@@H]1Cc1ccccc1.O=C1N[C@@H](Cc2ccccc2)CO1. The Morgan fingerprint density at radius 1 is 0.709 bits per heavy atom. The smallest absolute Gasteiger partial charge is 0.416 e. The molecule has 6 aliphatic rings. The van der Waals surface area contributed by atoms with E-state index in [0.717, 1.165) is 63.4 Å². The van der Waals surface area contributed by atoms with Crippen LogP contribution in [0.5, 0.6) is 0 Å². The highest BCUT2D eigenvalue weighted by Gasteiger charge is 2.43. The topological polar surface area (TPSA) is 148 Å². The second-order valence-electron chi connectivity index (χ2n) is 15.1. The van der Waals surface area contributed by atoms with Crippen molar-refractivity contribution in [1.29, 1.82) is 0 Å². The molecule has 2 aromatic rings. The number of esters is 1. The lowest BCUT2D eigenvalue weighted by molar-refractivity contribution is -0.184. The van der Waals surface area contributed by atoms with Crippen molar-refractivity contribution in [2.45, 2.75) is 108 Å². The fourth-order valence-electron chi connectivity index (χ4n) is 8.25. The summed E-state index contributed by atoms with van der Waals surface area (Å²) < 4.78 is 37.7. The third-order valence-corrected chi connectivity index (χ3v) is 11.2. The van der Waals surface area contributed by atoms with E-state index in [-0.39, 0.29) is 48.4 Å². The normalized spacial score (nSPS) is 25.3. The molecule has 3 amide bonds. The van der Waals surface area contributed by atoms with E-state index in [1.165, 1.54) is 10.5 Å². The molecule has 2 saturated carbocycles. The van der Waals surface area contributed by atoms with Crippen LogP contribution in [0.15, 0.2) is 60.7 Å². The molecular formula is C42H56N2O11. The fraction of sp³-hybridized carbons (Fsp3) is 0.619. The highest BCUT2D eigenvalue weighted by atomic mass is 16.7. The van der Waals surface area contributed by atoms with Gasteiger partial charge in [-0.2, -0.15) is 0 Å². The second kappa shape index (κ2) is 19.7. The molecule has 4 heterocycles. The summed E-state index contributed by atoms with van der Waals surface area (Å²) in [4.78, 5) is 48.3. The first kappa shape index (κ1) is 40.6. The van der Waals surface area contributed by atoms with Gasteiger partial charge in [0.15, 0.2) is 11.6 Å². The lowest BCUT2D eigenvalue weighted by Gasteiger charge is -2.35. The number of imide groups is 1. The monoisotopic (exact) mass is 764 g/mol. The molecule has 2 aromatic carbocycles. The molecule has 13 heteroatoms. The van der Waals surface area contributed by atoms with Gasteiger partial charge in [0.2, 0.25) is 5.91 Å². The van der Waals surface area contributed by atoms with Gasteiger partial charge in [0.1, 0.15) is 13.2 Å². The summed E-state index contributed by atoms with van der Waals surface area (Å²) in [5.41, 5.74) is 2.32. The molecule has 2 atom stereocenters. The van der Waals surface area contributed by atoms with Gasteiger partial charge < -0.3 is 38.5 Å². The molecule has 13 nitrogen and oxygen atoms in total. The minimum Gasteiger partial charge on any atom is -0.466 e. The second-order valence-corrected chi connectivity index (χ2v) is 15.1. The summed E-state index contributed by atoms with van der Waals surface area (Å²) in [5, 5.41) is 2.74. The van der Waals surface area contributed by atoms with Crippen molar-refractivity contribution in [1.82, 2.24) is 10.2 Å². The number of hydrogen-bond donors (Lipinski definition) is 1. The minimum atomic E-state index is -0.509. The van der Waals surface area contributed by atoms with Crippen molar-refractivity contribution < 1.29 is 52.3 Å². The van der Waals surface area contributed by atoms with Gasteiger partial charge in [-0.3, -0.25) is 9.59 Å². The van der Waals surface area contributed by atoms with Gasteiger partial charge in [0.25, 0.3) is 0 Å². The summed E-state index contributed by atoms with van der Waals surface area (Å²) in [7, 11) is 0. The number of hydrogen-bond acceptors (Lipinski definition) is 11. The number of amides is 3. The van der Waals surface area contributed by atoms with Crippen molar-refractivity contribution in [2.24, 2.45) is 11.8 Å². The lowest BCUT2D eigenvalue weighted by atomic mass is 9.83. The molecule has 0 bridgehead atoms. The summed E-state index contributed by atoms with van der Waals surface area (Å²) in [6, 6.07) is 19.9. The number of rotatable bonds is 9. The van der Waals surface area contributed by atoms with Crippen molar-refractivity contribution in [3.05, 3.63) is 71.8 Å². The first-order chi connectivity index (χ1) is 26.7. The Kier molecular flexibility index (Phi) is 14.6. The van der Waals surface area contributed by atoms with Gasteiger partial charge >= 0.3 is 18.2 Å². The van der Waals surface area contributed by atoms with Crippen LogP contribution in [0.1, 0.15) is 82.3 Å². The number of ether oxygens (including phenoxy) is 7. The van der Waals surface area contributed by atoms with Gasteiger partial charge in [-0.1, -0.05) is 60.7 Å². The van der Waals surface area contributed by atoms with Crippen LogP contribution in [-0.4, -0.2) is 98.9 Å². The Hall–Kier alpha value is -4.04. The average molecular weight is 765 g/mol. The number of carbonyl (C=O) groups excluding carboxylic acids is 4. The number of cyclic esters (lactones) is 2. The van der Waals surface area contributed by atoms with Gasteiger partial charge in [-0.05, 0) is 68.4 Å². The van der Waals surface area contributed by atoms with E-state index in [2.05, 4.69) is 5.32 Å². The molecule has 4 saturated heterocycles. The van der Waals surface area contributed by atoms with Crippen LogP contribution in [0.4, 0.5) is 9.59 Å². The first-order valence-corrected chi connectivity index (χ1v) is 19.9. The molecule has 8 rings (SSSR count). The molecule has 0 unspecified atom stereocenters. The van der Waals surface area contributed by atoms with Crippen molar-refractivity contribution in [3.8, 4) is 0 Å². The maximum atomic E-state index is 12.8. The Morgan fingerprint density at radius 2 is 1.22 bits per heavy atom. The molecule has 300 valence electrons. The van der Waals surface area contributed by atoms with Crippen molar-refractivity contribution in [3.63, 3.8) is 0 Å². The third kappa shape index (κ3) is 11.7. The maximum Gasteiger partial charge on any atom is 0.416 e. The Bertz CT molecular complexity index is 1520. The number of nitrogens with zero attached hydrogens (tertiary/aromatic N) is 1. The van der Waals surface area contributed by atoms with Crippen LogP contribution < -0.4 is 5.32 Å². The molecule has 1 N–H and O–H groups in total. The highest BCUT2D eigenvalue weighted by Crippen LogP contribution is 2.40. The molecule has 6 fully saturated rings. The van der Waals surface area contributed by atoms with E-state index in [0.29, 0.717) is 64.8 Å². The largest absolute Gasteiger partial charge is 0.466 e. The van der Waals surface area contributed by atoms with Crippen LogP contribution >= 0.6 is 0 Å². The zero-order valence-corrected chi connectivity index (χ0v) is 32.0. The Morgan fingerprint density at radius 3 is 1.71 bits per heavy atom. The average Bonchev–Trinajstić information content (AvgIpc) is 4.02. The van der Waals surface area contributed by atoms with Crippen LogP contribution in [0.2, 0.25) is 0 Å². The quantitative estimate of drug-likeness (QED) is 0.233. The van der Waals surface area contributed by atoms with Gasteiger partial charge in [-0.25, -0.2) is 14.5 Å². The number of alkyl carbamates (subject to hydrolysis) is 1. The summed E-state index contributed by atoms with van der Waals surface area (Å²) >= 11 is 0. The van der Waals surface area contributed by atoms with Gasteiger partial charge in [-0.15, -0.1) is 0 Å². The van der Waals surface area contributed by atoms with Crippen LogP contribution in [0.3, 0.4) is 0 Å². The minimum absolute atomic E-state index is 0.0725. The molecule has 55 heavy (non-hydrogen) atoms. The van der Waals surface area contributed by atoms with Crippen LogP contribution in [-0.2, 0) is 55.6 Å². The highest BCUT2D eigenvalue weighted by molar-refractivity contribution is 5.93. The number of benzene rings is 2. The Labute approximate surface area is 323 Å². The molecule has 2 aliphatic carbocycles. The molecule has 4 aliphatic heterocycles. The van der Waals surface area contributed by atoms with E-state index in [1.54, 1.807) is 0 Å². The van der Waals surface area contributed by atoms with Crippen molar-refractivity contribution >= 4 is 24.1 Å². The van der Waals surface area contributed by atoms with Crippen molar-refractivity contribution in [2.75, 3.05) is 46.2 Å². The molecular weight excluding hydrogens is 708 g/mol. The van der Waals surface area contributed by atoms with E-state index in [1.807, 2.05) is 67.6 Å². The zero-order valence-electron chi connectivity index (χ0n) is 32.0. The predicted molar refractivity (Wildman–Crippen MR) is 200 cm³/mol. The summed E-state index contributed by atoms with van der Waals surface area (Å²) in [6.45, 7) is 5.80. The Balaban J connectivity index is 0.000000152.